The van der Waals surface area contributed by atoms with Gasteiger partial charge in [-0.1, -0.05) is 12.1 Å². The van der Waals surface area contributed by atoms with Gasteiger partial charge in [0.2, 0.25) is 5.91 Å². The Kier molecular flexibility index (Phi) is 13.2. The van der Waals surface area contributed by atoms with Crippen molar-refractivity contribution in [3.8, 4) is 0 Å². The van der Waals surface area contributed by atoms with Gasteiger partial charge in [0.1, 0.15) is 0 Å². The molecule has 0 fully saturated rings. The van der Waals surface area contributed by atoms with Crippen molar-refractivity contribution in [1.29, 1.82) is 0 Å². The number of guanidine groups is 1. The summed E-state index contributed by atoms with van der Waals surface area (Å²) in [5.74, 6) is 0.351. The molecular weight excluding hydrogens is 419 g/mol. The zero-order valence-corrected chi connectivity index (χ0v) is 16.8. The van der Waals surface area contributed by atoms with E-state index in [9.17, 15) is 4.79 Å². The lowest BCUT2D eigenvalue weighted by Crippen LogP contribution is -2.37. The molecule has 1 amide bonds. The van der Waals surface area contributed by atoms with E-state index in [1.54, 1.807) is 12.1 Å². The van der Waals surface area contributed by atoms with Crippen molar-refractivity contribution in [3.05, 3.63) is 35.4 Å². The minimum atomic E-state index is -0.421. The van der Waals surface area contributed by atoms with E-state index in [0.29, 0.717) is 12.1 Å². The highest BCUT2D eigenvalue weighted by Crippen LogP contribution is 2.06. The van der Waals surface area contributed by atoms with Crippen LogP contribution in [0, 0.1) is 0 Å². The summed E-state index contributed by atoms with van der Waals surface area (Å²) in [6, 6.07) is 7.23. The van der Waals surface area contributed by atoms with Crippen LogP contribution in [0.3, 0.4) is 0 Å². The molecule has 7 heteroatoms. The van der Waals surface area contributed by atoms with Crippen LogP contribution < -0.4 is 16.4 Å². The number of nitrogens with one attached hydrogen (secondary N) is 2. The average Bonchev–Trinajstić information content (AvgIpc) is 2.56. The largest absolute Gasteiger partial charge is 0.382 e. The molecule has 24 heavy (non-hydrogen) atoms. The maximum atomic E-state index is 11.2. The minimum absolute atomic E-state index is 0. The Labute approximate surface area is 161 Å². The highest BCUT2D eigenvalue weighted by Gasteiger charge is 2.02. The molecule has 0 unspecified atom stereocenters. The van der Waals surface area contributed by atoms with Gasteiger partial charge in [-0.3, -0.25) is 4.79 Å². The monoisotopic (exact) mass is 448 g/mol. The molecule has 0 heterocycles. The Hall–Kier alpha value is -1.35. The first-order valence-corrected chi connectivity index (χ1v) is 8.16. The summed E-state index contributed by atoms with van der Waals surface area (Å²) < 4.78 is 5.31. The van der Waals surface area contributed by atoms with Gasteiger partial charge >= 0.3 is 0 Å². The predicted molar refractivity (Wildman–Crippen MR) is 109 cm³/mol. The molecule has 0 saturated heterocycles. The smallest absolute Gasteiger partial charge is 0.248 e. The maximum absolute atomic E-state index is 11.2. The number of rotatable bonds is 10. The molecule has 1 aromatic rings. The molecule has 1 aromatic carbocycles. The van der Waals surface area contributed by atoms with Crippen LogP contribution in [0.15, 0.2) is 29.3 Å². The fourth-order valence-electron chi connectivity index (χ4n) is 2.02. The van der Waals surface area contributed by atoms with Crippen molar-refractivity contribution in [3.63, 3.8) is 0 Å². The van der Waals surface area contributed by atoms with Gasteiger partial charge in [0.05, 0.1) is 6.54 Å². The van der Waals surface area contributed by atoms with Crippen LogP contribution in [0.2, 0.25) is 0 Å². The third kappa shape index (κ3) is 9.71. The molecule has 1 rings (SSSR count). The lowest BCUT2D eigenvalue weighted by atomic mass is 10.1. The predicted octanol–water partition coefficient (Wildman–Crippen LogP) is 2.28. The van der Waals surface area contributed by atoms with Crippen LogP contribution in [-0.4, -0.2) is 38.2 Å². The second kappa shape index (κ2) is 14.0. The van der Waals surface area contributed by atoms with Crippen molar-refractivity contribution in [2.24, 2.45) is 10.7 Å². The van der Waals surface area contributed by atoms with E-state index >= 15 is 0 Å². The van der Waals surface area contributed by atoms with E-state index < -0.39 is 5.91 Å². The summed E-state index contributed by atoms with van der Waals surface area (Å²) in [5, 5.41) is 6.51. The van der Waals surface area contributed by atoms with Crippen molar-refractivity contribution in [1.82, 2.24) is 10.6 Å². The number of nitrogens with zero attached hydrogens (tertiary/aromatic N) is 1. The third-order valence-electron chi connectivity index (χ3n) is 3.19. The number of aliphatic imine (C=N–C) groups is 1. The number of hydrogen-bond donors (Lipinski definition) is 3. The van der Waals surface area contributed by atoms with Crippen molar-refractivity contribution < 1.29 is 9.53 Å². The second-order valence-corrected chi connectivity index (χ2v) is 5.09. The number of hydrogen-bond acceptors (Lipinski definition) is 3. The second-order valence-electron chi connectivity index (χ2n) is 5.09. The Bertz CT molecular complexity index is 509. The fraction of sp³-hybridized carbons (Fsp3) is 0.529. The molecule has 0 spiro atoms. The number of nitrogens with two attached hydrogens (primary N) is 1. The van der Waals surface area contributed by atoms with Gasteiger partial charge in [-0.05, 0) is 44.4 Å². The molecule has 0 aliphatic carbocycles. The van der Waals surface area contributed by atoms with Crippen LogP contribution in [-0.2, 0) is 11.3 Å². The van der Waals surface area contributed by atoms with E-state index in [-0.39, 0.29) is 24.0 Å². The fourth-order valence-corrected chi connectivity index (χ4v) is 2.02. The van der Waals surface area contributed by atoms with Crippen LogP contribution in [0.1, 0.15) is 42.6 Å². The minimum Gasteiger partial charge on any atom is -0.382 e. The van der Waals surface area contributed by atoms with E-state index in [4.69, 9.17) is 10.5 Å². The molecule has 0 saturated carbocycles. The zero-order chi connectivity index (χ0) is 16.9. The van der Waals surface area contributed by atoms with Gasteiger partial charge in [-0.15, -0.1) is 24.0 Å². The molecule has 0 aliphatic heterocycles. The lowest BCUT2D eigenvalue weighted by molar-refractivity contribution is 0.1000. The molecule has 0 atom stereocenters. The van der Waals surface area contributed by atoms with E-state index in [1.165, 1.54) is 0 Å². The molecule has 0 aliphatic rings. The number of carbonyl (C=O) groups excluding carboxylic acids is 1. The Morgan fingerprint density at radius 2 is 2.04 bits per heavy atom. The Balaban J connectivity index is 0.00000529. The molecule has 0 aromatic heterocycles. The average molecular weight is 448 g/mol. The van der Waals surface area contributed by atoms with E-state index in [2.05, 4.69) is 15.6 Å². The number of ether oxygens (including phenoxy) is 1. The zero-order valence-electron chi connectivity index (χ0n) is 14.5. The number of carbonyl (C=O) groups is 1. The number of halogens is 1. The highest BCUT2D eigenvalue weighted by atomic mass is 127. The summed E-state index contributed by atoms with van der Waals surface area (Å²) in [6.45, 7) is 7.73. The number of primary amides is 1. The summed E-state index contributed by atoms with van der Waals surface area (Å²) in [6.07, 6.45) is 2.06. The van der Waals surface area contributed by atoms with Gasteiger partial charge < -0.3 is 21.1 Å². The topological polar surface area (TPSA) is 88.7 Å². The van der Waals surface area contributed by atoms with Crippen LogP contribution >= 0.6 is 24.0 Å². The maximum Gasteiger partial charge on any atom is 0.248 e. The van der Waals surface area contributed by atoms with E-state index in [1.807, 2.05) is 26.0 Å². The van der Waals surface area contributed by atoms with Crippen molar-refractivity contribution in [2.75, 3.05) is 26.3 Å². The summed E-state index contributed by atoms with van der Waals surface area (Å²) in [5.41, 5.74) is 6.75. The molecular formula is C17H29IN4O2. The number of unbranched alkanes of at least 4 members (excludes halogenated alkanes) is 1. The Morgan fingerprint density at radius 1 is 1.25 bits per heavy atom. The van der Waals surface area contributed by atoms with Gasteiger partial charge in [0.15, 0.2) is 5.96 Å². The van der Waals surface area contributed by atoms with Gasteiger partial charge in [-0.25, -0.2) is 4.99 Å². The van der Waals surface area contributed by atoms with Gasteiger partial charge in [-0.2, -0.15) is 0 Å². The van der Waals surface area contributed by atoms with Crippen LogP contribution in [0.5, 0.6) is 0 Å². The van der Waals surface area contributed by atoms with Crippen LogP contribution in [0.25, 0.3) is 0 Å². The SMILES string of the molecule is CCNC(=NCc1cccc(C(N)=O)c1)NCCCCOCC.I. The normalized spacial score (nSPS) is 10.8. The quantitative estimate of drug-likeness (QED) is 0.222. The summed E-state index contributed by atoms with van der Waals surface area (Å²) in [4.78, 5) is 15.7. The molecule has 4 N–H and O–H groups in total. The first-order chi connectivity index (χ1) is 11.2. The van der Waals surface area contributed by atoms with Crippen molar-refractivity contribution >= 4 is 35.8 Å². The third-order valence-corrected chi connectivity index (χ3v) is 3.19. The summed E-state index contributed by atoms with van der Waals surface area (Å²) in [7, 11) is 0. The van der Waals surface area contributed by atoms with Gasteiger partial charge in [0.25, 0.3) is 0 Å². The van der Waals surface area contributed by atoms with Crippen LogP contribution in [0.4, 0.5) is 0 Å². The first kappa shape index (κ1) is 22.6. The molecule has 136 valence electrons. The van der Waals surface area contributed by atoms with Crippen molar-refractivity contribution in [2.45, 2.75) is 33.2 Å². The highest BCUT2D eigenvalue weighted by molar-refractivity contribution is 14.0. The molecule has 0 bridgehead atoms. The molecule has 0 radical (unpaired) electrons. The molecule has 6 nitrogen and oxygen atoms in total. The van der Waals surface area contributed by atoms with Gasteiger partial charge in [0, 0.05) is 31.9 Å². The van der Waals surface area contributed by atoms with E-state index in [0.717, 1.165) is 50.7 Å². The standard InChI is InChI=1S/C17H28N4O2.HI/c1-3-19-17(20-10-5-6-11-23-4-2)21-13-14-8-7-9-15(12-14)16(18)22;/h7-9,12H,3-6,10-11,13H2,1-2H3,(H2,18,22)(H2,19,20,21);1H. The number of amides is 1. The Morgan fingerprint density at radius 3 is 2.71 bits per heavy atom. The lowest BCUT2D eigenvalue weighted by Gasteiger charge is -2.11. The number of benzene rings is 1. The first-order valence-electron chi connectivity index (χ1n) is 8.16. The summed E-state index contributed by atoms with van der Waals surface area (Å²) >= 11 is 0.